The summed E-state index contributed by atoms with van der Waals surface area (Å²) < 4.78 is 0. The fraction of sp³-hybridized carbons (Fsp3) is 0.467. The van der Waals surface area contributed by atoms with Crippen molar-refractivity contribution in [2.75, 3.05) is 37.6 Å². The molecule has 1 aromatic carbocycles. The molecule has 3 nitrogen and oxygen atoms in total. The van der Waals surface area contributed by atoms with Gasteiger partial charge >= 0.3 is 0 Å². The second-order valence-electron chi connectivity index (χ2n) is 5.11. The number of rotatable bonds is 3. The highest BCUT2D eigenvalue weighted by atomic mass is 15.2. The number of fused-ring (bicyclic) bond motifs is 1. The van der Waals surface area contributed by atoms with Crippen LogP contribution in [-0.2, 0) is 13.1 Å². The summed E-state index contributed by atoms with van der Waals surface area (Å²) in [4.78, 5) is 4.97. The average Bonchev–Trinajstić information content (AvgIpc) is 2.82. The van der Waals surface area contributed by atoms with E-state index in [-0.39, 0.29) is 0 Å². The third-order valence-electron chi connectivity index (χ3n) is 3.87. The number of benzene rings is 1. The van der Waals surface area contributed by atoms with Crippen molar-refractivity contribution < 1.29 is 0 Å². The number of nitrogens with zero attached hydrogens (tertiary/aromatic N) is 2. The second-order valence-corrected chi connectivity index (χ2v) is 5.11. The number of anilines is 1. The first kappa shape index (κ1) is 11.8. The standard InChI is InChI=1S/C15H21N3/c1-2-8-17-11-13-4-3-5-15(14(13)12-17)18-9-6-16-7-10-18/h2-5,16H,1,6-12H2. The molecule has 0 unspecified atom stereocenters. The van der Waals surface area contributed by atoms with Gasteiger partial charge in [-0.15, -0.1) is 6.58 Å². The molecule has 1 saturated heterocycles. The average molecular weight is 243 g/mol. The van der Waals surface area contributed by atoms with Crippen molar-refractivity contribution in [3.05, 3.63) is 42.0 Å². The quantitative estimate of drug-likeness (QED) is 0.814. The van der Waals surface area contributed by atoms with Gasteiger partial charge in [-0.3, -0.25) is 4.90 Å². The Bertz CT molecular complexity index is 435. The van der Waals surface area contributed by atoms with E-state index < -0.39 is 0 Å². The van der Waals surface area contributed by atoms with Crippen LogP contribution in [0.5, 0.6) is 0 Å². The minimum atomic E-state index is 0.982. The van der Waals surface area contributed by atoms with Crippen molar-refractivity contribution >= 4 is 5.69 Å². The molecule has 2 heterocycles. The van der Waals surface area contributed by atoms with Crippen LogP contribution in [0.25, 0.3) is 0 Å². The fourth-order valence-electron chi connectivity index (χ4n) is 2.99. The van der Waals surface area contributed by atoms with Crippen LogP contribution in [0.2, 0.25) is 0 Å². The van der Waals surface area contributed by atoms with Gasteiger partial charge in [0.1, 0.15) is 0 Å². The summed E-state index contributed by atoms with van der Waals surface area (Å²) in [5, 5.41) is 3.42. The summed E-state index contributed by atoms with van der Waals surface area (Å²) in [6, 6.07) is 6.75. The van der Waals surface area contributed by atoms with Crippen molar-refractivity contribution in [1.29, 1.82) is 0 Å². The third kappa shape index (κ3) is 2.16. The van der Waals surface area contributed by atoms with Crippen LogP contribution in [0.1, 0.15) is 11.1 Å². The molecule has 0 amide bonds. The first-order valence-electron chi connectivity index (χ1n) is 6.78. The number of piperazine rings is 1. The van der Waals surface area contributed by atoms with Gasteiger partial charge in [-0.2, -0.15) is 0 Å². The Morgan fingerprint density at radius 3 is 2.83 bits per heavy atom. The third-order valence-corrected chi connectivity index (χ3v) is 3.87. The molecule has 0 aliphatic carbocycles. The summed E-state index contributed by atoms with van der Waals surface area (Å²) in [7, 11) is 0. The van der Waals surface area contributed by atoms with Crippen LogP contribution in [0.4, 0.5) is 5.69 Å². The van der Waals surface area contributed by atoms with Crippen molar-refractivity contribution in [2.45, 2.75) is 13.1 Å². The zero-order valence-electron chi connectivity index (χ0n) is 10.9. The van der Waals surface area contributed by atoms with Crippen LogP contribution in [0.15, 0.2) is 30.9 Å². The molecule has 0 radical (unpaired) electrons. The minimum absolute atomic E-state index is 0.982. The van der Waals surface area contributed by atoms with Gasteiger partial charge in [-0.25, -0.2) is 0 Å². The van der Waals surface area contributed by atoms with E-state index in [0.29, 0.717) is 0 Å². The zero-order chi connectivity index (χ0) is 12.4. The summed E-state index contributed by atoms with van der Waals surface area (Å²) in [5.74, 6) is 0. The van der Waals surface area contributed by atoms with Crippen LogP contribution < -0.4 is 10.2 Å². The molecule has 3 heteroatoms. The number of hydrogen-bond acceptors (Lipinski definition) is 3. The molecule has 1 fully saturated rings. The number of hydrogen-bond donors (Lipinski definition) is 1. The number of nitrogens with one attached hydrogen (secondary N) is 1. The first-order chi connectivity index (χ1) is 8.88. The van der Waals surface area contributed by atoms with E-state index in [1.165, 1.54) is 16.8 Å². The van der Waals surface area contributed by atoms with Gasteiger partial charge in [0, 0.05) is 51.5 Å². The van der Waals surface area contributed by atoms with Crippen LogP contribution in [0.3, 0.4) is 0 Å². The Kier molecular flexibility index (Phi) is 3.35. The van der Waals surface area contributed by atoms with E-state index in [1.54, 1.807) is 0 Å². The Balaban J connectivity index is 1.85. The predicted molar refractivity (Wildman–Crippen MR) is 75.8 cm³/mol. The van der Waals surface area contributed by atoms with Crippen LogP contribution >= 0.6 is 0 Å². The van der Waals surface area contributed by atoms with Gasteiger partial charge < -0.3 is 10.2 Å². The van der Waals surface area contributed by atoms with Gasteiger partial charge in [0.25, 0.3) is 0 Å². The first-order valence-corrected chi connectivity index (χ1v) is 6.78. The van der Waals surface area contributed by atoms with E-state index in [0.717, 1.165) is 45.8 Å². The minimum Gasteiger partial charge on any atom is -0.369 e. The molecule has 0 aromatic heterocycles. The second kappa shape index (κ2) is 5.12. The Morgan fingerprint density at radius 2 is 2.06 bits per heavy atom. The molecule has 0 bridgehead atoms. The van der Waals surface area contributed by atoms with Gasteiger partial charge in [-0.1, -0.05) is 18.2 Å². The van der Waals surface area contributed by atoms with Crippen molar-refractivity contribution in [3.63, 3.8) is 0 Å². The van der Waals surface area contributed by atoms with Gasteiger partial charge in [0.05, 0.1) is 0 Å². The summed E-state index contributed by atoms with van der Waals surface area (Å²) >= 11 is 0. The molecule has 18 heavy (non-hydrogen) atoms. The molecule has 96 valence electrons. The summed E-state index contributed by atoms with van der Waals surface area (Å²) in [5.41, 5.74) is 4.47. The topological polar surface area (TPSA) is 18.5 Å². The van der Waals surface area contributed by atoms with Crippen LogP contribution in [-0.4, -0.2) is 37.6 Å². The fourth-order valence-corrected chi connectivity index (χ4v) is 2.99. The molecule has 3 rings (SSSR count). The lowest BCUT2D eigenvalue weighted by Crippen LogP contribution is -2.43. The Labute approximate surface area is 109 Å². The maximum absolute atomic E-state index is 3.84. The van der Waals surface area contributed by atoms with Gasteiger partial charge in [-0.05, 0) is 17.2 Å². The predicted octanol–water partition coefficient (Wildman–Crippen LogP) is 1.60. The molecule has 2 aliphatic rings. The Morgan fingerprint density at radius 1 is 1.22 bits per heavy atom. The monoisotopic (exact) mass is 243 g/mol. The van der Waals surface area contributed by atoms with E-state index in [2.05, 4.69) is 39.9 Å². The summed E-state index contributed by atoms with van der Waals surface area (Å²) in [6.45, 7) is 11.4. The lowest BCUT2D eigenvalue weighted by atomic mass is 10.1. The van der Waals surface area contributed by atoms with Crippen molar-refractivity contribution in [3.8, 4) is 0 Å². The van der Waals surface area contributed by atoms with Crippen molar-refractivity contribution in [1.82, 2.24) is 10.2 Å². The highest BCUT2D eigenvalue weighted by Crippen LogP contribution is 2.31. The maximum atomic E-state index is 3.84. The van der Waals surface area contributed by atoms with E-state index in [1.807, 2.05) is 6.08 Å². The van der Waals surface area contributed by atoms with Gasteiger partial charge in [0.2, 0.25) is 0 Å². The van der Waals surface area contributed by atoms with Crippen LogP contribution in [0, 0.1) is 0 Å². The maximum Gasteiger partial charge on any atom is 0.0416 e. The molecule has 1 N–H and O–H groups in total. The molecular formula is C15H21N3. The van der Waals surface area contributed by atoms with E-state index in [9.17, 15) is 0 Å². The van der Waals surface area contributed by atoms with E-state index in [4.69, 9.17) is 0 Å². The molecule has 0 atom stereocenters. The SMILES string of the molecule is C=CCN1Cc2cccc(N3CCNCC3)c2C1. The lowest BCUT2D eigenvalue weighted by Gasteiger charge is -2.31. The zero-order valence-corrected chi connectivity index (χ0v) is 10.9. The molecule has 2 aliphatic heterocycles. The van der Waals surface area contributed by atoms with E-state index >= 15 is 0 Å². The van der Waals surface area contributed by atoms with Crippen molar-refractivity contribution in [2.24, 2.45) is 0 Å². The van der Waals surface area contributed by atoms with Gasteiger partial charge in [0.15, 0.2) is 0 Å². The molecule has 0 spiro atoms. The molecule has 0 saturated carbocycles. The molecule has 1 aromatic rings. The lowest BCUT2D eigenvalue weighted by molar-refractivity contribution is 0.317. The highest BCUT2D eigenvalue weighted by Gasteiger charge is 2.23. The summed E-state index contributed by atoms with van der Waals surface area (Å²) in [6.07, 6.45) is 2.00. The smallest absolute Gasteiger partial charge is 0.0416 e. The highest BCUT2D eigenvalue weighted by molar-refractivity contribution is 5.58. The molecular weight excluding hydrogens is 222 g/mol. The Hall–Kier alpha value is -1.32. The normalized spacial score (nSPS) is 19.9. The largest absolute Gasteiger partial charge is 0.369 e.